The number of allylic oxidation sites excluding steroid dienone is 1. The van der Waals surface area contributed by atoms with Gasteiger partial charge < -0.3 is 9.47 Å². The second-order valence-electron chi connectivity index (χ2n) is 9.49. The Labute approximate surface area is 192 Å². The van der Waals surface area contributed by atoms with Gasteiger partial charge in [0.2, 0.25) is 0 Å². The third kappa shape index (κ3) is 4.78. The van der Waals surface area contributed by atoms with E-state index in [-0.39, 0.29) is 17.1 Å². The molecule has 0 aliphatic carbocycles. The standard InChI is InChI=1S/C26H37O5P/c1-15(2)19-12-20(16(3)4)23(21(13-19)17(5)6)32(11-10-18(7)14-32)24(26(29)31-9)22(27)25(28)30-8/h12-17H,10-11H2,1-9H3. The highest BCUT2D eigenvalue weighted by Gasteiger charge is 2.41. The summed E-state index contributed by atoms with van der Waals surface area (Å²) in [6, 6.07) is 4.44. The lowest BCUT2D eigenvalue weighted by atomic mass is 9.89. The molecular formula is C26H37O5P. The first-order chi connectivity index (χ1) is 14.9. The fraction of sp³-hybridized carbons (Fsp3) is 0.538. The Morgan fingerprint density at radius 3 is 1.69 bits per heavy atom. The van der Waals surface area contributed by atoms with E-state index >= 15 is 0 Å². The summed E-state index contributed by atoms with van der Waals surface area (Å²) in [7, 11) is 2.41. The van der Waals surface area contributed by atoms with E-state index < -0.39 is 24.6 Å². The first-order valence-electron chi connectivity index (χ1n) is 11.2. The zero-order valence-corrected chi connectivity index (χ0v) is 21.8. The molecule has 1 atom stereocenters. The minimum Gasteiger partial charge on any atom is -0.465 e. The summed E-state index contributed by atoms with van der Waals surface area (Å²) in [4.78, 5) is 38.7. The Bertz CT molecular complexity index is 982. The van der Waals surface area contributed by atoms with Crippen molar-refractivity contribution in [3.05, 3.63) is 40.2 Å². The van der Waals surface area contributed by atoms with E-state index in [1.165, 1.54) is 12.7 Å². The summed E-state index contributed by atoms with van der Waals surface area (Å²) in [5.74, 6) is 0.142. The molecule has 1 aliphatic heterocycles. The van der Waals surface area contributed by atoms with Crippen LogP contribution in [0.3, 0.4) is 0 Å². The molecule has 6 heteroatoms. The molecule has 0 spiro atoms. The summed E-state index contributed by atoms with van der Waals surface area (Å²) >= 11 is 0. The minimum absolute atomic E-state index is 0.0511. The fourth-order valence-corrected chi connectivity index (χ4v) is 9.51. The van der Waals surface area contributed by atoms with Gasteiger partial charge in [-0.3, -0.25) is 4.79 Å². The number of Topliss-reactive ketones (excluding diaryl/α,β-unsaturated/α-hetero) is 1. The maximum absolute atomic E-state index is 13.3. The molecule has 0 saturated carbocycles. The van der Waals surface area contributed by atoms with Crippen LogP contribution in [0.25, 0.3) is 0 Å². The third-order valence-electron chi connectivity index (χ3n) is 6.16. The molecule has 1 aliphatic rings. The van der Waals surface area contributed by atoms with Crippen LogP contribution in [0.15, 0.2) is 23.5 Å². The maximum atomic E-state index is 13.3. The lowest BCUT2D eigenvalue weighted by Crippen LogP contribution is -2.36. The second kappa shape index (κ2) is 10.2. The van der Waals surface area contributed by atoms with Crippen molar-refractivity contribution in [2.45, 2.75) is 72.6 Å². The van der Waals surface area contributed by atoms with Crippen molar-refractivity contribution in [2.24, 2.45) is 0 Å². The Morgan fingerprint density at radius 1 is 0.844 bits per heavy atom. The number of rotatable bonds is 7. The summed E-state index contributed by atoms with van der Waals surface area (Å²) in [5, 5.41) is 1.01. The van der Waals surface area contributed by atoms with Crippen molar-refractivity contribution >= 4 is 35.2 Å². The van der Waals surface area contributed by atoms with Gasteiger partial charge in [-0.25, -0.2) is 9.59 Å². The van der Waals surface area contributed by atoms with Crippen LogP contribution in [-0.2, 0) is 23.9 Å². The third-order valence-corrected chi connectivity index (χ3v) is 10.5. The molecule has 1 aromatic carbocycles. The van der Waals surface area contributed by atoms with Gasteiger partial charge >= 0.3 is 11.9 Å². The normalized spacial score (nSPS) is 18.2. The van der Waals surface area contributed by atoms with Gasteiger partial charge in [-0.15, -0.1) is 0 Å². The molecule has 0 radical (unpaired) electrons. The topological polar surface area (TPSA) is 69.7 Å². The molecule has 1 heterocycles. The number of hydrogen-bond acceptors (Lipinski definition) is 5. The fourth-order valence-electron chi connectivity index (χ4n) is 4.42. The van der Waals surface area contributed by atoms with Crippen molar-refractivity contribution in [3.8, 4) is 0 Å². The minimum atomic E-state index is -2.66. The Hall–Kier alpha value is -2.13. The van der Waals surface area contributed by atoms with E-state index in [2.05, 4.69) is 59.5 Å². The zero-order chi connectivity index (χ0) is 24.4. The van der Waals surface area contributed by atoms with Gasteiger partial charge in [0.05, 0.1) is 14.2 Å². The predicted octanol–water partition coefficient (Wildman–Crippen LogP) is 5.09. The predicted molar refractivity (Wildman–Crippen MR) is 133 cm³/mol. The van der Waals surface area contributed by atoms with E-state index in [1.54, 1.807) is 0 Å². The lowest BCUT2D eigenvalue weighted by molar-refractivity contribution is -0.149. The summed E-state index contributed by atoms with van der Waals surface area (Å²) in [6.07, 6.45) is 1.40. The van der Waals surface area contributed by atoms with Crippen LogP contribution >= 0.6 is 6.89 Å². The van der Waals surface area contributed by atoms with Crippen molar-refractivity contribution in [1.82, 2.24) is 0 Å². The average Bonchev–Trinajstić information content (AvgIpc) is 3.13. The summed E-state index contributed by atoms with van der Waals surface area (Å²) in [5.41, 5.74) is 4.63. The summed E-state index contributed by atoms with van der Waals surface area (Å²) in [6.45, 7) is 12.2. The highest BCUT2D eigenvalue weighted by Crippen LogP contribution is 2.59. The molecule has 0 N–H and O–H groups in total. The number of esters is 2. The van der Waals surface area contributed by atoms with Crippen LogP contribution in [0.4, 0.5) is 0 Å². The molecule has 0 saturated heterocycles. The van der Waals surface area contributed by atoms with Crippen LogP contribution in [0, 0.1) is 0 Å². The zero-order valence-electron chi connectivity index (χ0n) is 20.9. The van der Waals surface area contributed by atoms with E-state index in [4.69, 9.17) is 9.47 Å². The molecule has 0 amide bonds. The highest BCUT2D eigenvalue weighted by atomic mass is 31.2. The van der Waals surface area contributed by atoms with Gasteiger partial charge in [0.15, 0.2) is 0 Å². The van der Waals surface area contributed by atoms with Crippen molar-refractivity contribution in [3.63, 3.8) is 0 Å². The number of carbonyl (C=O) groups excluding carboxylic acids is 3. The molecule has 0 aromatic heterocycles. The Balaban J connectivity index is 3.20. The van der Waals surface area contributed by atoms with Crippen LogP contribution in [0.2, 0.25) is 0 Å². The monoisotopic (exact) mass is 460 g/mol. The van der Waals surface area contributed by atoms with E-state index in [0.717, 1.165) is 35.5 Å². The van der Waals surface area contributed by atoms with Gasteiger partial charge in [-0.05, 0) is 66.1 Å². The highest BCUT2D eigenvalue weighted by molar-refractivity contribution is 7.89. The lowest BCUT2D eigenvalue weighted by Gasteiger charge is -2.32. The number of hydrogen-bond donors (Lipinski definition) is 0. The first-order valence-corrected chi connectivity index (χ1v) is 13.3. The molecule has 1 unspecified atom stereocenters. The maximum Gasteiger partial charge on any atom is 0.379 e. The molecule has 2 rings (SSSR count). The molecular weight excluding hydrogens is 423 g/mol. The van der Waals surface area contributed by atoms with Crippen molar-refractivity contribution in [1.29, 1.82) is 0 Å². The van der Waals surface area contributed by atoms with Gasteiger partial charge in [0.1, 0.15) is 5.29 Å². The number of methoxy groups -OCH3 is 2. The van der Waals surface area contributed by atoms with Crippen molar-refractivity contribution < 1.29 is 23.9 Å². The van der Waals surface area contributed by atoms with Crippen molar-refractivity contribution in [2.75, 3.05) is 20.4 Å². The van der Waals surface area contributed by atoms with Crippen LogP contribution in [-0.4, -0.2) is 43.4 Å². The number of ether oxygens (including phenoxy) is 2. The average molecular weight is 461 g/mol. The molecule has 1 aromatic rings. The second-order valence-corrected chi connectivity index (χ2v) is 12.8. The molecule has 5 nitrogen and oxygen atoms in total. The van der Waals surface area contributed by atoms with E-state index in [0.29, 0.717) is 12.1 Å². The van der Waals surface area contributed by atoms with Gasteiger partial charge in [-0.2, -0.15) is 0 Å². The van der Waals surface area contributed by atoms with Crippen LogP contribution < -0.4 is 5.30 Å². The van der Waals surface area contributed by atoms with E-state index in [1.807, 2.05) is 6.92 Å². The van der Waals surface area contributed by atoms with Crippen LogP contribution in [0.1, 0.15) is 89.3 Å². The van der Waals surface area contributed by atoms with Gasteiger partial charge in [0, 0.05) is 0 Å². The molecule has 176 valence electrons. The molecule has 0 fully saturated rings. The van der Waals surface area contributed by atoms with Gasteiger partial charge in [-0.1, -0.05) is 65.1 Å². The number of carbonyl (C=O) groups is 3. The summed E-state index contributed by atoms with van der Waals surface area (Å²) < 4.78 is 9.82. The number of ketones is 1. The molecule has 0 bridgehead atoms. The molecule has 32 heavy (non-hydrogen) atoms. The SMILES string of the molecule is COC(=O)C(=O)C(C(=O)OC)=P1(c2c(C(C)C)cc(C(C)C)cc2C(C)C)C=C(C)CC1. The number of benzene rings is 1. The quantitative estimate of drug-likeness (QED) is 0.245. The van der Waals surface area contributed by atoms with Gasteiger partial charge in [0.25, 0.3) is 5.78 Å². The van der Waals surface area contributed by atoms with Crippen LogP contribution in [0.5, 0.6) is 0 Å². The Morgan fingerprint density at radius 2 is 1.34 bits per heavy atom. The Kier molecular flexibility index (Phi) is 8.33. The largest absolute Gasteiger partial charge is 0.465 e. The smallest absolute Gasteiger partial charge is 0.379 e. The first kappa shape index (κ1) is 26.1. The van der Waals surface area contributed by atoms with E-state index in [9.17, 15) is 14.4 Å².